The van der Waals surface area contributed by atoms with Gasteiger partial charge in [-0.05, 0) is 37.6 Å². The molecule has 1 amide bonds. The zero-order chi connectivity index (χ0) is 18.6. The zero-order valence-corrected chi connectivity index (χ0v) is 16.6. The van der Waals surface area contributed by atoms with Crippen LogP contribution in [0, 0.1) is 0 Å². The molecule has 0 unspecified atom stereocenters. The Kier molecular flexibility index (Phi) is 7.37. The molecule has 8 nitrogen and oxygen atoms in total. The van der Waals surface area contributed by atoms with Gasteiger partial charge in [-0.2, -0.15) is 5.10 Å². The lowest BCUT2D eigenvalue weighted by Gasteiger charge is -2.23. The molecule has 3 rings (SSSR count). The van der Waals surface area contributed by atoms with Crippen molar-refractivity contribution < 1.29 is 13.2 Å². The molecule has 1 aliphatic heterocycles. The van der Waals surface area contributed by atoms with Gasteiger partial charge in [-0.15, -0.1) is 12.4 Å². The number of aryl methyl sites for hydroxylation is 1. The summed E-state index contributed by atoms with van der Waals surface area (Å²) in [4.78, 5) is 12.4. The molecule has 148 valence electrons. The monoisotopic (exact) mass is 413 g/mol. The van der Waals surface area contributed by atoms with Gasteiger partial charge in [0.15, 0.2) is 0 Å². The number of nitrogens with zero attached hydrogens (tertiary/aromatic N) is 2. The number of sulfonamides is 1. The van der Waals surface area contributed by atoms with Gasteiger partial charge < -0.3 is 10.6 Å². The second-order valence-electron chi connectivity index (χ2n) is 6.40. The van der Waals surface area contributed by atoms with Gasteiger partial charge in [0, 0.05) is 43.5 Å². The van der Waals surface area contributed by atoms with Crippen LogP contribution in [0.5, 0.6) is 0 Å². The molecule has 2 aromatic rings. The third-order valence-electron chi connectivity index (χ3n) is 4.24. The van der Waals surface area contributed by atoms with Crippen molar-refractivity contribution >= 4 is 28.3 Å². The predicted octanol–water partition coefficient (Wildman–Crippen LogP) is 0.802. The molecule has 0 spiro atoms. The topological polar surface area (TPSA) is 105 Å². The normalized spacial score (nSPS) is 17.1. The second-order valence-corrected chi connectivity index (χ2v) is 8.11. The molecule has 1 aromatic heterocycles. The number of halogens is 1. The van der Waals surface area contributed by atoms with E-state index in [9.17, 15) is 13.2 Å². The molecular formula is C17H24ClN5O3S. The Morgan fingerprint density at radius 3 is 2.89 bits per heavy atom. The van der Waals surface area contributed by atoms with Gasteiger partial charge in [-0.3, -0.25) is 9.48 Å². The Labute approximate surface area is 165 Å². The number of hydrogen-bond donors (Lipinski definition) is 3. The number of benzene rings is 1. The van der Waals surface area contributed by atoms with Crippen LogP contribution in [0.3, 0.4) is 0 Å². The highest BCUT2D eigenvalue weighted by atomic mass is 35.5. The number of carbonyl (C=O) groups is 1. The average Bonchev–Trinajstić information content (AvgIpc) is 3.05. The average molecular weight is 414 g/mol. The SMILES string of the molecule is Cl.Cn1cc(CNC(=O)c2cccc(S(=O)(=O)N[C@H]3CCCNC3)c2)cn1. The summed E-state index contributed by atoms with van der Waals surface area (Å²) in [5, 5.41) is 9.99. The van der Waals surface area contributed by atoms with Crippen molar-refractivity contribution in [1.29, 1.82) is 0 Å². The van der Waals surface area contributed by atoms with Crippen molar-refractivity contribution in [3.63, 3.8) is 0 Å². The first-order chi connectivity index (χ1) is 12.4. The maximum absolute atomic E-state index is 12.6. The highest BCUT2D eigenvalue weighted by Crippen LogP contribution is 2.14. The van der Waals surface area contributed by atoms with Crippen LogP contribution in [0.1, 0.15) is 28.8 Å². The van der Waals surface area contributed by atoms with Crippen LogP contribution < -0.4 is 15.4 Å². The molecule has 1 aromatic carbocycles. The summed E-state index contributed by atoms with van der Waals surface area (Å²) in [6, 6.07) is 5.94. The van der Waals surface area contributed by atoms with Gasteiger partial charge >= 0.3 is 0 Å². The van der Waals surface area contributed by atoms with Crippen LogP contribution >= 0.6 is 12.4 Å². The summed E-state index contributed by atoms with van der Waals surface area (Å²) in [6.45, 7) is 1.85. The van der Waals surface area contributed by atoms with Crippen molar-refractivity contribution in [2.75, 3.05) is 13.1 Å². The molecule has 3 N–H and O–H groups in total. The molecule has 10 heteroatoms. The molecule has 1 fully saturated rings. The van der Waals surface area contributed by atoms with Crippen molar-refractivity contribution in [2.24, 2.45) is 7.05 Å². The Morgan fingerprint density at radius 2 is 2.22 bits per heavy atom. The van der Waals surface area contributed by atoms with E-state index < -0.39 is 10.0 Å². The van der Waals surface area contributed by atoms with Crippen LogP contribution in [-0.2, 0) is 23.6 Å². The minimum atomic E-state index is -3.66. The van der Waals surface area contributed by atoms with Gasteiger partial charge in [-0.25, -0.2) is 13.1 Å². The molecule has 1 aliphatic rings. The van der Waals surface area contributed by atoms with E-state index in [1.165, 1.54) is 12.1 Å². The maximum atomic E-state index is 12.6. The van der Waals surface area contributed by atoms with Gasteiger partial charge in [-0.1, -0.05) is 6.07 Å². The van der Waals surface area contributed by atoms with E-state index in [0.717, 1.165) is 24.9 Å². The third kappa shape index (κ3) is 5.77. The molecule has 27 heavy (non-hydrogen) atoms. The zero-order valence-electron chi connectivity index (χ0n) is 15.0. The largest absolute Gasteiger partial charge is 0.348 e. The van der Waals surface area contributed by atoms with Crippen LogP contribution in [-0.4, -0.2) is 43.2 Å². The first-order valence-corrected chi connectivity index (χ1v) is 10.0. The smallest absolute Gasteiger partial charge is 0.251 e. The van der Waals surface area contributed by atoms with E-state index in [4.69, 9.17) is 0 Å². The van der Waals surface area contributed by atoms with Gasteiger partial charge in [0.25, 0.3) is 5.91 Å². The standard InChI is InChI=1S/C17H23N5O3S.ClH/c1-22-12-13(10-20-22)9-19-17(23)14-4-2-6-16(8-14)26(24,25)21-15-5-3-7-18-11-15;/h2,4,6,8,10,12,15,18,21H,3,5,7,9,11H2,1H3,(H,19,23);1H/t15-;/m0./s1. The maximum Gasteiger partial charge on any atom is 0.251 e. The predicted molar refractivity (Wildman–Crippen MR) is 104 cm³/mol. The van der Waals surface area contributed by atoms with Gasteiger partial charge in [0.1, 0.15) is 0 Å². The van der Waals surface area contributed by atoms with E-state index in [-0.39, 0.29) is 29.3 Å². The molecule has 0 radical (unpaired) electrons. The van der Waals surface area contributed by atoms with Gasteiger partial charge in [0.2, 0.25) is 10.0 Å². The van der Waals surface area contributed by atoms with E-state index in [2.05, 4.69) is 20.5 Å². The Hall–Kier alpha value is -1.94. The third-order valence-corrected chi connectivity index (χ3v) is 5.75. The summed E-state index contributed by atoms with van der Waals surface area (Å²) < 4.78 is 29.5. The fraction of sp³-hybridized carbons (Fsp3) is 0.412. The summed E-state index contributed by atoms with van der Waals surface area (Å²) in [5.74, 6) is -0.328. The van der Waals surface area contributed by atoms with Crippen molar-refractivity contribution in [3.05, 3.63) is 47.8 Å². The van der Waals surface area contributed by atoms with Crippen LogP contribution in [0.15, 0.2) is 41.6 Å². The van der Waals surface area contributed by atoms with E-state index >= 15 is 0 Å². The van der Waals surface area contributed by atoms with E-state index in [1.807, 2.05) is 6.20 Å². The van der Waals surface area contributed by atoms with Crippen molar-refractivity contribution in [1.82, 2.24) is 25.1 Å². The fourth-order valence-corrected chi connectivity index (χ4v) is 4.21. The number of rotatable bonds is 6. The number of carbonyl (C=O) groups excluding carboxylic acids is 1. The first kappa shape index (κ1) is 21.4. The highest BCUT2D eigenvalue weighted by molar-refractivity contribution is 7.89. The summed E-state index contributed by atoms with van der Waals surface area (Å²) >= 11 is 0. The molecule has 0 saturated carbocycles. The molecular weight excluding hydrogens is 390 g/mol. The quantitative estimate of drug-likeness (QED) is 0.649. The summed E-state index contributed by atoms with van der Waals surface area (Å²) in [6.07, 6.45) is 5.22. The number of aromatic nitrogens is 2. The second kappa shape index (κ2) is 9.32. The molecule has 2 heterocycles. The lowest BCUT2D eigenvalue weighted by Crippen LogP contribution is -2.45. The minimum absolute atomic E-state index is 0. The molecule has 0 aliphatic carbocycles. The number of nitrogens with one attached hydrogen (secondary N) is 3. The Bertz CT molecular complexity index is 878. The summed E-state index contributed by atoms with van der Waals surface area (Å²) in [5.41, 5.74) is 1.18. The number of amides is 1. The van der Waals surface area contributed by atoms with Crippen molar-refractivity contribution in [3.8, 4) is 0 Å². The molecule has 0 bridgehead atoms. The molecule has 1 atom stereocenters. The number of hydrogen-bond acceptors (Lipinski definition) is 5. The molecule has 1 saturated heterocycles. The highest BCUT2D eigenvalue weighted by Gasteiger charge is 2.22. The minimum Gasteiger partial charge on any atom is -0.348 e. The van der Waals surface area contributed by atoms with Crippen molar-refractivity contribution in [2.45, 2.75) is 30.3 Å². The van der Waals surface area contributed by atoms with E-state index in [0.29, 0.717) is 18.7 Å². The lowest BCUT2D eigenvalue weighted by molar-refractivity contribution is 0.0950. The van der Waals surface area contributed by atoms with Crippen LogP contribution in [0.2, 0.25) is 0 Å². The first-order valence-electron chi connectivity index (χ1n) is 8.53. The van der Waals surface area contributed by atoms with E-state index in [1.54, 1.807) is 30.1 Å². The Balaban J connectivity index is 0.00000261. The summed E-state index contributed by atoms with van der Waals surface area (Å²) in [7, 11) is -1.86. The number of piperidine rings is 1. The Morgan fingerprint density at radius 1 is 1.41 bits per heavy atom. The lowest BCUT2D eigenvalue weighted by atomic mass is 10.1. The van der Waals surface area contributed by atoms with Crippen LogP contribution in [0.25, 0.3) is 0 Å². The fourth-order valence-electron chi connectivity index (χ4n) is 2.89. The van der Waals surface area contributed by atoms with Gasteiger partial charge in [0.05, 0.1) is 11.1 Å². The van der Waals surface area contributed by atoms with Crippen LogP contribution in [0.4, 0.5) is 0 Å².